The molecule has 112 valence electrons. The highest BCUT2D eigenvalue weighted by atomic mass is 35.5. The quantitative estimate of drug-likeness (QED) is 0.750. The Morgan fingerprint density at radius 3 is 2.60 bits per heavy atom. The second-order valence-corrected chi connectivity index (χ2v) is 5.63. The Hall–Kier alpha value is -0.680. The molecule has 0 saturated heterocycles. The molecule has 1 atom stereocenters. The molecule has 1 aromatic carbocycles. The predicted octanol–water partition coefficient (Wildman–Crippen LogP) is 3.16. The van der Waals surface area contributed by atoms with Gasteiger partial charge in [-0.3, -0.25) is 4.79 Å². The van der Waals surface area contributed by atoms with E-state index in [0.29, 0.717) is 33.8 Å². The van der Waals surface area contributed by atoms with E-state index in [1.807, 2.05) is 6.92 Å². The van der Waals surface area contributed by atoms with Gasteiger partial charge in [-0.1, -0.05) is 41.7 Å². The number of benzene rings is 1. The van der Waals surface area contributed by atoms with E-state index in [1.54, 1.807) is 0 Å². The maximum atomic E-state index is 11.6. The van der Waals surface area contributed by atoms with Gasteiger partial charge in [0.05, 0.1) is 15.1 Å². The van der Waals surface area contributed by atoms with E-state index in [1.165, 1.54) is 12.1 Å². The minimum Gasteiger partial charge on any atom is -0.482 e. The first kappa shape index (κ1) is 17.4. The van der Waals surface area contributed by atoms with Crippen molar-refractivity contribution >= 4 is 40.7 Å². The molecule has 0 aliphatic heterocycles. The second kappa shape index (κ2) is 8.57. The van der Waals surface area contributed by atoms with Crippen LogP contribution in [-0.2, 0) is 4.79 Å². The van der Waals surface area contributed by atoms with Crippen LogP contribution in [-0.4, -0.2) is 30.8 Å². The van der Waals surface area contributed by atoms with Crippen molar-refractivity contribution in [3.05, 3.63) is 27.2 Å². The number of carbonyl (C=O) groups is 1. The average Bonchev–Trinajstić information content (AvgIpc) is 2.39. The number of nitrogens with one attached hydrogen (secondary N) is 1. The molecule has 0 aliphatic carbocycles. The van der Waals surface area contributed by atoms with Gasteiger partial charge in [-0.2, -0.15) is 0 Å². The fourth-order valence-corrected chi connectivity index (χ4v) is 2.01. The molecule has 0 heterocycles. The zero-order valence-corrected chi connectivity index (χ0v) is 13.2. The summed E-state index contributed by atoms with van der Waals surface area (Å²) in [4.78, 5) is 11.6. The van der Waals surface area contributed by atoms with Crippen molar-refractivity contribution in [2.45, 2.75) is 13.3 Å². The molecule has 0 radical (unpaired) electrons. The molecule has 0 saturated carbocycles. The van der Waals surface area contributed by atoms with Crippen LogP contribution >= 0.6 is 34.8 Å². The lowest BCUT2D eigenvalue weighted by Crippen LogP contribution is -2.32. The molecule has 0 aromatic heterocycles. The first-order valence-corrected chi connectivity index (χ1v) is 7.22. The van der Waals surface area contributed by atoms with Gasteiger partial charge in [0.25, 0.3) is 5.91 Å². The summed E-state index contributed by atoms with van der Waals surface area (Å²) >= 11 is 17.6. The number of amides is 1. The Labute approximate surface area is 133 Å². The van der Waals surface area contributed by atoms with Gasteiger partial charge in [-0.25, -0.2) is 0 Å². The van der Waals surface area contributed by atoms with Gasteiger partial charge in [0, 0.05) is 19.2 Å². The molecule has 0 bridgehead atoms. The third-order valence-electron chi connectivity index (χ3n) is 2.60. The number of hydrogen-bond donors (Lipinski definition) is 2. The highest BCUT2D eigenvalue weighted by Gasteiger charge is 2.10. The Bertz CT molecular complexity index is 468. The highest BCUT2D eigenvalue weighted by Crippen LogP contribution is 2.33. The first-order chi connectivity index (χ1) is 9.43. The van der Waals surface area contributed by atoms with Crippen LogP contribution in [0, 0.1) is 5.92 Å². The maximum absolute atomic E-state index is 11.6. The van der Waals surface area contributed by atoms with Crippen molar-refractivity contribution in [3.63, 3.8) is 0 Å². The number of ether oxygens (including phenoxy) is 1. The van der Waals surface area contributed by atoms with E-state index >= 15 is 0 Å². The van der Waals surface area contributed by atoms with Crippen LogP contribution < -0.4 is 10.1 Å². The minimum absolute atomic E-state index is 0.104. The SMILES string of the molecule is CC(CCO)CNC(=O)COc1cc(Cl)c(Cl)cc1Cl. The van der Waals surface area contributed by atoms with Gasteiger partial charge in [0.1, 0.15) is 5.75 Å². The van der Waals surface area contributed by atoms with Crippen molar-refractivity contribution in [1.82, 2.24) is 5.32 Å². The van der Waals surface area contributed by atoms with E-state index < -0.39 is 0 Å². The van der Waals surface area contributed by atoms with Gasteiger partial charge in [0.15, 0.2) is 6.61 Å². The van der Waals surface area contributed by atoms with E-state index in [2.05, 4.69) is 5.32 Å². The molecule has 4 nitrogen and oxygen atoms in total. The third kappa shape index (κ3) is 5.75. The lowest BCUT2D eigenvalue weighted by molar-refractivity contribution is -0.123. The standard InChI is InChI=1S/C13H16Cl3NO3/c1-8(2-3-18)6-17-13(19)7-20-12-5-10(15)9(14)4-11(12)16/h4-5,8,18H,2-3,6-7H2,1H3,(H,17,19). The average molecular weight is 341 g/mol. The number of aliphatic hydroxyl groups is 1. The highest BCUT2D eigenvalue weighted by molar-refractivity contribution is 6.43. The molecule has 1 rings (SSSR count). The number of halogens is 3. The molecule has 2 N–H and O–H groups in total. The largest absolute Gasteiger partial charge is 0.482 e. The lowest BCUT2D eigenvalue weighted by Gasteiger charge is -2.12. The molecule has 7 heteroatoms. The number of rotatable bonds is 7. The summed E-state index contributed by atoms with van der Waals surface area (Å²) < 4.78 is 5.29. The van der Waals surface area contributed by atoms with Crippen LogP contribution in [0.5, 0.6) is 5.75 Å². The molecule has 0 aliphatic rings. The van der Waals surface area contributed by atoms with Crippen LogP contribution in [0.2, 0.25) is 15.1 Å². The molecule has 20 heavy (non-hydrogen) atoms. The van der Waals surface area contributed by atoms with Crippen molar-refractivity contribution in [1.29, 1.82) is 0 Å². The number of aliphatic hydroxyl groups excluding tert-OH is 1. The van der Waals surface area contributed by atoms with E-state index in [0.717, 1.165) is 0 Å². The summed E-state index contributed by atoms with van der Waals surface area (Å²) in [5.41, 5.74) is 0. The molecule has 1 unspecified atom stereocenters. The van der Waals surface area contributed by atoms with Gasteiger partial charge >= 0.3 is 0 Å². The molecule has 1 aromatic rings. The lowest BCUT2D eigenvalue weighted by atomic mass is 10.1. The van der Waals surface area contributed by atoms with Crippen molar-refractivity contribution < 1.29 is 14.6 Å². The predicted molar refractivity (Wildman–Crippen MR) is 80.8 cm³/mol. The number of carbonyl (C=O) groups excluding carboxylic acids is 1. The topological polar surface area (TPSA) is 58.6 Å². The normalized spacial score (nSPS) is 12.1. The molecular formula is C13H16Cl3NO3. The Kier molecular flexibility index (Phi) is 7.45. The second-order valence-electron chi connectivity index (χ2n) is 4.41. The van der Waals surface area contributed by atoms with Crippen LogP contribution in [0.15, 0.2) is 12.1 Å². The Balaban J connectivity index is 2.43. The molecular weight excluding hydrogens is 325 g/mol. The van der Waals surface area contributed by atoms with Crippen LogP contribution in [0.25, 0.3) is 0 Å². The van der Waals surface area contributed by atoms with Crippen LogP contribution in [0.4, 0.5) is 0 Å². The molecule has 1 amide bonds. The van der Waals surface area contributed by atoms with Gasteiger partial charge < -0.3 is 15.2 Å². The van der Waals surface area contributed by atoms with Crippen LogP contribution in [0.1, 0.15) is 13.3 Å². The summed E-state index contributed by atoms with van der Waals surface area (Å²) in [6, 6.07) is 2.93. The summed E-state index contributed by atoms with van der Waals surface area (Å²) in [7, 11) is 0. The van der Waals surface area contributed by atoms with Gasteiger partial charge in [-0.05, 0) is 18.4 Å². The van der Waals surface area contributed by atoms with Gasteiger partial charge in [0.2, 0.25) is 0 Å². The van der Waals surface area contributed by atoms with Gasteiger partial charge in [-0.15, -0.1) is 0 Å². The van der Waals surface area contributed by atoms with E-state index in [9.17, 15) is 4.79 Å². The summed E-state index contributed by atoms with van der Waals surface area (Å²) in [5.74, 6) is 0.245. The molecule has 0 fully saturated rings. The summed E-state index contributed by atoms with van der Waals surface area (Å²) in [6.07, 6.45) is 0.639. The fraction of sp³-hybridized carbons (Fsp3) is 0.462. The smallest absolute Gasteiger partial charge is 0.257 e. The van der Waals surface area contributed by atoms with Crippen molar-refractivity contribution in [3.8, 4) is 5.75 Å². The number of hydrogen-bond acceptors (Lipinski definition) is 3. The van der Waals surface area contributed by atoms with E-state index in [-0.39, 0.29) is 25.0 Å². The van der Waals surface area contributed by atoms with E-state index in [4.69, 9.17) is 44.6 Å². The fourth-order valence-electron chi connectivity index (χ4n) is 1.42. The zero-order chi connectivity index (χ0) is 15.1. The van der Waals surface area contributed by atoms with Crippen molar-refractivity contribution in [2.75, 3.05) is 19.8 Å². The third-order valence-corrected chi connectivity index (χ3v) is 3.62. The Morgan fingerprint density at radius 2 is 1.95 bits per heavy atom. The summed E-state index contributed by atoms with van der Waals surface area (Å²) in [6.45, 7) is 2.36. The minimum atomic E-state index is -0.267. The molecule has 0 spiro atoms. The monoisotopic (exact) mass is 339 g/mol. The zero-order valence-electron chi connectivity index (χ0n) is 11.0. The maximum Gasteiger partial charge on any atom is 0.257 e. The Morgan fingerprint density at radius 1 is 1.30 bits per heavy atom. The summed E-state index contributed by atoms with van der Waals surface area (Å²) in [5, 5.41) is 12.4. The van der Waals surface area contributed by atoms with Crippen LogP contribution in [0.3, 0.4) is 0 Å². The van der Waals surface area contributed by atoms with Crippen molar-refractivity contribution in [2.24, 2.45) is 5.92 Å². The first-order valence-electron chi connectivity index (χ1n) is 6.09.